The number of para-hydroxylation sites is 2. The highest BCUT2D eigenvalue weighted by atomic mass is 19.3. The number of anilines is 2. The first-order chi connectivity index (χ1) is 17.9. The summed E-state index contributed by atoms with van der Waals surface area (Å²) in [5.74, 6) is -1.03. The van der Waals surface area contributed by atoms with Gasteiger partial charge in [-0.25, -0.2) is 18.4 Å². The first-order valence-corrected chi connectivity index (χ1v) is 12.1. The number of aryl methyl sites for hydroxylation is 1. The van der Waals surface area contributed by atoms with Gasteiger partial charge in [0.25, 0.3) is 0 Å². The summed E-state index contributed by atoms with van der Waals surface area (Å²) in [5, 5.41) is 8.91. The van der Waals surface area contributed by atoms with E-state index >= 15 is 0 Å². The van der Waals surface area contributed by atoms with E-state index in [1.54, 1.807) is 24.3 Å². The first kappa shape index (κ1) is 23.3. The molecule has 0 amide bonds. The minimum atomic E-state index is -2.67. The Kier molecular flexibility index (Phi) is 5.73. The first-order valence-electron chi connectivity index (χ1n) is 12.1. The summed E-state index contributed by atoms with van der Waals surface area (Å²) in [6.07, 6.45) is 1.51. The van der Waals surface area contributed by atoms with Crippen LogP contribution in [0.2, 0.25) is 0 Å². The van der Waals surface area contributed by atoms with Crippen molar-refractivity contribution < 1.29 is 17.6 Å². The number of hydrogen-bond donors (Lipinski definition) is 1. The van der Waals surface area contributed by atoms with Crippen molar-refractivity contribution in [3.8, 4) is 5.69 Å². The number of rotatable bonds is 5. The second kappa shape index (κ2) is 9.10. The van der Waals surface area contributed by atoms with Gasteiger partial charge in [-0.2, -0.15) is 13.9 Å². The van der Waals surface area contributed by atoms with E-state index in [1.165, 1.54) is 16.8 Å². The van der Waals surface area contributed by atoms with Crippen molar-refractivity contribution in [2.75, 3.05) is 23.3 Å². The van der Waals surface area contributed by atoms with Crippen LogP contribution in [0.25, 0.3) is 27.6 Å². The predicted octanol–water partition coefficient (Wildman–Crippen LogP) is 6.44. The molecule has 3 aromatic carbocycles. The van der Waals surface area contributed by atoms with E-state index in [4.69, 9.17) is 0 Å². The molecule has 37 heavy (non-hydrogen) atoms. The maximum absolute atomic E-state index is 13.9. The van der Waals surface area contributed by atoms with Crippen LogP contribution in [0.1, 0.15) is 25.1 Å². The van der Waals surface area contributed by atoms with Gasteiger partial charge in [0.2, 0.25) is 5.95 Å². The van der Waals surface area contributed by atoms with Gasteiger partial charge >= 0.3 is 6.55 Å². The molecule has 6 nitrogen and oxygen atoms in total. The number of alkyl halides is 2. The minimum Gasteiger partial charge on any atom is -0.382 e. The third kappa shape index (κ3) is 4.26. The van der Waals surface area contributed by atoms with E-state index in [2.05, 4.69) is 15.4 Å². The van der Waals surface area contributed by atoms with Gasteiger partial charge in [0, 0.05) is 36.3 Å². The van der Waals surface area contributed by atoms with Crippen LogP contribution in [0, 0.1) is 18.6 Å². The highest BCUT2D eigenvalue weighted by Gasteiger charge is 2.26. The van der Waals surface area contributed by atoms with Gasteiger partial charge in [-0.1, -0.05) is 12.1 Å². The van der Waals surface area contributed by atoms with Gasteiger partial charge in [0.15, 0.2) is 0 Å². The van der Waals surface area contributed by atoms with Crippen molar-refractivity contribution in [2.45, 2.75) is 32.4 Å². The van der Waals surface area contributed by atoms with Crippen LogP contribution in [-0.2, 0) is 0 Å². The number of benzene rings is 3. The van der Waals surface area contributed by atoms with Crippen LogP contribution in [0.5, 0.6) is 0 Å². The quantitative estimate of drug-likeness (QED) is 0.278. The maximum Gasteiger partial charge on any atom is 0.321 e. The molecule has 1 aliphatic rings. The van der Waals surface area contributed by atoms with E-state index in [0.29, 0.717) is 35.8 Å². The molecule has 0 unspecified atom stereocenters. The molecule has 6 rings (SSSR count). The molecular formula is C27H24F4N6. The number of nitrogens with zero attached hydrogens (tertiary/aromatic N) is 5. The van der Waals surface area contributed by atoms with Crippen molar-refractivity contribution in [2.24, 2.45) is 0 Å². The zero-order chi connectivity index (χ0) is 25.7. The molecule has 10 heteroatoms. The largest absolute Gasteiger partial charge is 0.382 e. The van der Waals surface area contributed by atoms with Crippen LogP contribution in [0.4, 0.5) is 29.2 Å². The molecular weight excluding hydrogens is 484 g/mol. The number of hydrogen-bond acceptors (Lipinski definition) is 4. The summed E-state index contributed by atoms with van der Waals surface area (Å²) in [6, 6.07) is 16.2. The average molecular weight is 509 g/mol. The fourth-order valence-corrected chi connectivity index (χ4v) is 5.12. The lowest BCUT2D eigenvalue weighted by Crippen LogP contribution is -2.40. The summed E-state index contributed by atoms with van der Waals surface area (Å²) in [4.78, 5) is 6.40. The maximum atomic E-state index is 13.9. The molecule has 1 saturated heterocycles. The molecule has 1 N–H and O–H groups in total. The molecule has 2 aromatic heterocycles. The second-order valence-corrected chi connectivity index (χ2v) is 9.31. The van der Waals surface area contributed by atoms with E-state index in [9.17, 15) is 17.6 Å². The summed E-state index contributed by atoms with van der Waals surface area (Å²) in [7, 11) is 0. The smallest absolute Gasteiger partial charge is 0.321 e. The Morgan fingerprint density at radius 3 is 2.38 bits per heavy atom. The van der Waals surface area contributed by atoms with E-state index in [1.807, 2.05) is 30.0 Å². The Labute approximate surface area is 210 Å². The summed E-state index contributed by atoms with van der Waals surface area (Å²) >= 11 is 0. The lowest BCUT2D eigenvalue weighted by Gasteiger charge is -2.33. The molecule has 0 saturated carbocycles. The number of halogens is 4. The zero-order valence-corrected chi connectivity index (χ0v) is 20.0. The molecule has 3 heterocycles. The molecule has 0 bridgehead atoms. The van der Waals surface area contributed by atoms with Crippen molar-refractivity contribution in [1.29, 1.82) is 0 Å². The molecule has 5 aromatic rings. The van der Waals surface area contributed by atoms with Gasteiger partial charge in [-0.15, -0.1) is 0 Å². The number of aromatic nitrogens is 4. The highest BCUT2D eigenvalue weighted by Crippen LogP contribution is 2.31. The Morgan fingerprint density at radius 2 is 1.65 bits per heavy atom. The monoisotopic (exact) mass is 508 g/mol. The number of nitrogens with one attached hydrogen (secondary N) is 1. The third-order valence-electron chi connectivity index (χ3n) is 6.88. The van der Waals surface area contributed by atoms with E-state index < -0.39 is 18.2 Å². The molecule has 190 valence electrons. The number of piperidine rings is 1. The van der Waals surface area contributed by atoms with Gasteiger partial charge in [-0.05, 0) is 62.2 Å². The fourth-order valence-electron chi connectivity index (χ4n) is 5.12. The number of imidazole rings is 1. The van der Waals surface area contributed by atoms with Gasteiger partial charge < -0.3 is 10.2 Å². The van der Waals surface area contributed by atoms with Crippen LogP contribution in [-0.4, -0.2) is 38.5 Å². The molecule has 1 fully saturated rings. The normalized spacial score (nSPS) is 14.8. The highest BCUT2D eigenvalue weighted by molar-refractivity contribution is 5.86. The van der Waals surface area contributed by atoms with Crippen LogP contribution < -0.4 is 10.2 Å². The van der Waals surface area contributed by atoms with Crippen molar-refractivity contribution in [3.63, 3.8) is 0 Å². The molecule has 1 aliphatic heterocycles. The minimum absolute atomic E-state index is 0.158. The van der Waals surface area contributed by atoms with Crippen LogP contribution >= 0.6 is 0 Å². The molecule has 0 aliphatic carbocycles. The summed E-state index contributed by atoms with van der Waals surface area (Å²) in [6.45, 7) is 0.375. The third-order valence-corrected chi connectivity index (χ3v) is 6.88. The number of fused-ring (bicyclic) bond motifs is 2. The van der Waals surface area contributed by atoms with Gasteiger partial charge in [-0.3, -0.25) is 4.57 Å². The average Bonchev–Trinajstić information content (AvgIpc) is 3.42. The summed E-state index contributed by atoms with van der Waals surface area (Å²) in [5.41, 5.74) is 3.69. The van der Waals surface area contributed by atoms with Gasteiger partial charge in [0.1, 0.15) is 11.6 Å². The van der Waals surface area contributed by atoms with Crippen molar-refractivity contribution in [1.82, 2.24) is 19.3 Å². The standard InChI is InChI=1S/C27H24F4N6/c1-16-22-15-20(6-7-24(22)37(34-16)21-13-17(28)12-18(29)14-21)32-19-8-10-35(11-9-19)27-33-23-4-2-3-5-25(23)36(27)26(30)31/h2-7,12-15,19,26,32H,8-11H2,1H3. The Morgan fingerprint density at radius 1 is 0.919 bits per heavy atom. The Balaban J connectivity index is 1.19. The lowest BCUT2D eigenvalue weighted by atomic mass is 10.0. The van der Waals surface area contributed by atoms with Gasteiger partial charge in [0.05, 0.1) is 27.9 Å². The van der Waals surface area contributed by atoms with Crippen LogP contribution in [0.3, 0.4) is 0 Å². The lowest BCUT2D eigenvalue weighted by molar-refractivity contribution is 0.0757. The van der Waals surface area contributed by atoms with Crippen molar-refractivity contribution in [3.05, 3.63) is 78.0 Å². The predicted molar refractivity (Wildman–Crippen MR) is 136 cm³/mol. The Bertz CT molecular complexity index is 1580. The molecule has 0 spiro atoms. The van der Waals surface area contributed by atoms with E-state index in [-0.39, 0.29) is 6.04 Å². The summed E-state index contributed by atoms with van der Waals surface area (Å²) < 4.78 is 57.8. The fraction of sp³-hybridized carbons (Fsp3) is 0.259. The Hall–Kier alpha value is -4.08. The molecule has 0 atom stereocenters. The van der Waals surface area contributed by atoms with Crippen LogP contribution in [0.15, 0.2) is 60.7 Å². The molecule has 0 radical (unpaired) electrons. The SMILES string of the molecule is Cc1nn(-c2cc(F)cc(F)c2)c2ccc(NC3CCN(c4nc5ccccc5n4C(F)F)CC3)cc12. The van der Waals surface area contributed by atoms with E-state index in [0.717, 1.165) is 45.8 Å². The van der Waals surface area contributed by atoms with Crippen molar-refractivity contribution >= 4 is 33.6 Å². The topological polar surface area (TPSA) is 50.9 Å². The second-order valence-electron chi connectivity index (χ2n) is 9.31. The zero-order valence-electron chi connectivity index (χ0n) is 20.0.